The van der Waals surface area contributed by atoms with Crippen molar-refractivity contribution in [3.63, 3.8) is 0 Å². The van der Waals surface area contributed by atoms with Crippen LogP contribution in [-0.2, 0) is 6.54 Å². The van der Waals surface area contributed by atoms with Crippen molar-refractivity contribution in [3.05, 3.63) is 24.3 Å². The van der Waals surface area contributed by atoms with Crippen molar-refractivity contribution >= 4 is 17.0 Å². The Morgan fingerprint density at radius 3 is 2.73 bits per heavy atom. The van der Waals surface area contributed by atoms with E-state index in [-0.39, 0.29) is 18.4 Å². The Bertz CT molecular complexity index is 667. The number of nitrogens with zero attached hydrogens (tertiary/aromatic N) is 3. The van der Waals surface area contributed by atoms with Gasteiger partial charge in [-0.25, -0.2) is 4.98 Å². The zero-order chi connectivity index (χ0) is 15.9. The molecule has 0 spiro atoms. The summed E-state index contributed by atoms with van der Waals surface area (Å²) in [5, 5.41) is 20.3. The zero-order valence-corrected chi connectivity index (χ0v) is 13.5. The zero-order valence-electron chi connectivity index (χ0n) is 13.5. The van der Waals surface area contributed by atoms with E-state index < -0.39 is 5.60 Å². The molecular formula is C17H25N3O2. The number of anilines is 1. The summed E-state index contributed by atoms with van der Waals surface area (Å²) in [5.41, 5.74) is 1.26. The molecule has 22 heavy (non-hydrogen) atoms. The van der Waals surface area contributed by atoms with Crippen molar-refractivity contribution < 1.29 is 10.2 Å². The van der Waals surface area contributed by atoms with Crippen LogP contribution in [0, 0.1) is 11.8 Å². The second kappa shape index (κ2) is 5.56. The number of aliphatic hydroxyl groups excluding tert-OH is 1. The summed E-state index contributed by atoms with van der Waals surface area (Å²) in [7, 11) is 0. The normalized spacial score (nSPS) is 25.5. The minimum absolute atomic E-state index is 0.0746. The summed E-state index contributed by atoms with van der Waals surface area (Å²) < 4.78 is 2.05. The van der Waals surface area contributed by atoms with E-state index in [4.69, 9.17) is 4.98 Å². The van der Waals surface area contributed by atoms with Crippen LogP contribution >= 0.6 is 0 Å². The smallest absolute Gasteiger partial charge is 0.206 e. The van der Waals surface area contributed by atoms with Crippen molar-refractivity contribution in [3.8, 4) is 0 Å². The Kier molecular flexibility index (Phi) is 3.87. The highest BCUT2D eigenvalue weighted by molar-refractivity contribution is 5.79. The van der Waals surface area contributed by atoms with Gasteiger partial charge in [0.15, 0.2) is 0 Å². The molecular weight excluding hydrogens is 278 g/mol. The molecule has 2 heterocycles. The Labute approximate surface area is 131 Å². The number of hydrogen-bond donors (Lipinski definition) is 2. The third-order valence-electron chi connectivity index (χ3n) is 5.03. The lowest BCUT2D eigenvalue weighted by molar-refractivity contribution is -0.0187. The lowest BCUT2D eigenvalue weighted by Crippen LogP contribution is -2.42. The first kappa shape index (κ1) is 15.3. The van der Waals surface area contributed by atoms with Crippen LogP contribution in [0.5, 0.6) is 0 Å². The second-order valence-corrected chi connectivity index (χ2v) is 6.70. The molecule has 1 aromatic carbocycles. The quantitative estimate of drug-likeness (QED) is 0.905. The molecule has 5 nitrogen and oxygen atoms in total. The van der Waals surface area contributed by atoms with Gasteiger partial charge >= 0.3 is 0 Å². The van der Waals surface area contributed by atoms with Gasteiger partial charge in [0.2, 0.25) is 5.95 Å². The van der Waals surface area contributed by atoms with Crippen LogP contribution in [0.25, 0.3) is 11.0 Å². The van der Waals surface area contributed by atoms with E-state index >= 15 is 0 Å². The molecule has 2 aromatic rings. The van der Waals surface area contributed by atoms with Crippen molar-refractivity contribution in [1.29, 1.82) is 0 Å². The summed E-state index contributed by atoms with van der Waals surface area (Å²) in [6.07, 6.45) is 0. The number of imidazole rings is 1. The number of rotatable bonds is 4. The lowest BCUT2D eigenvalue weighted by Gasteiger charge is -2.31. The molecule has 1 aromatic heterocycles. The third kappa shape index (κ3) is 2.29. The highest BCUT2D eigenvalue weighted by atomic mass is 16.3. The highest BCUT2D eigenvalue weighted by Crippen LogP contribution is 2.36. The maximum Gasteiger partial charge on any atom is 0.206 e. The molecule has 0 unspecified atom stereocenters. The van der Waals surface area contributed by atoms with Crippen LogP contribution in [0.4, 0.5) is 5.95 Å². The molecule has 5 heteroatoms. The van der Waals surface area contributed by atoms with Crippen LogP contribution in [0.15, 0.2) is 24.3 Å². The molecule has 1 saturated heterocycles. The van der Waals surface area contributed by atoms with Crippen LogP contribution in [0.3, 0.4) is 0 Å². The number of aromatic nitrogens is 2. The fourth-order valence-electron chi connectivity index (χ4n) is 3.54. The number of para-hydroxylation sites is 2. The van der Waals surface area contributed by atoms with Gasteiger partial charge in [-0.1, -0.05) is 32.9 Å². The molecule has 0 radical (unpaired) electrons. The first-order valence-electron chi connectivity index (χ1n) is 8.01. The minimum Gasteiger partial charge on any atom is -0.395 e. The van der Waals surface area contributed by atoms with E-state index in [1.165, 1.54) is 0 Å². The molecule has 1 aliphatic heterocycles. The maximum absolute atomic E-state index is 10.9. The van der Waals surface area contributed by atoms with E-state index in [9.17, 15) is 10.2 Å². The fraction of sp³-hybridized carbons (Fsp3) is 0.588. The first-order valence-corrected chi connectivity index (χ1v) is 8.01. The van der Waals surface area contributed by atoms with Crippen molar-refractivity contribution in [2.75, 3.05) is 24.6 Å². The van der Waals surface area contributed by atoms with E-state index in [0.717, 1.165) is 23.5 Å². The van der Waals surface area contributed by atoms with Gasteiger partial charge in [-0.15, -0.1) is 0 Å². The van der Waals surface area contributed by atoms with Crippen LogP contribution in [0.2, 0.25) is 0 Å². The SMILES string of the molecule is CC(C)[C@]1(O)CN(c2nc3ccccc3n2CCO)C[C@H]1C. The number of β-amino-alcohol motifs (C(OH)–C–C–N with tert-alkyl or cyclic N) is 1. The molecule has 1 aliphatic rings. The summed E-state index contributed by atoms with van der Waals surface area (Å²) in [5.74, 6) is 1.23. The van der Waals surface area contributed by atoms with Crippen LogP contribution < -0.4 is 4.90 Å². The fourth-order valence-corrected chi connectivity index (χ4v) is 3.54. The summed E-state index contributed by atoms with van der Waals surface area (Å²) in [4.78, 5) is 6.89. The van der Waals surface area contributed by atoms with Gasteiger partial charge < -0.3 is 19.7 Å². The maximum atomic E-state index is 10.9. The van der Waals surface area contributed by atoms with E-state index in [0.29, 0.717) is 13.1 Å². The van der Waals surface area contributed by atoms with E-state index in [1.807, 2.05) is 28.8 Å². The predicted octanol–water partition coefficient (Wildman–Crippen LogP) is 1.87. The average Bonchev–Trinajstić information content (AvgIpc) is 3.00. The van der Waals surface area contributed by atoms with Crippen LogP contribution in [-0.4, -0.2) is 45.1 Å². The molecule has 120 valence electrons. The molecule has 3 rings (SSSR count). The van der Waals surface area contributed by atoms with Gasteiger partial charge in [-0.2, -0.15) is 0 Å². The molecule has 0 aliphatic carbocycles. The Morgan fingerprint density at radius 2 is 2.09 bits per heavy atom. The predicted molar refractivity (Wildman–Crippen MR) is 88.0 cm³/mol. The Hall–Kier alpha value is -1.59. The average molecular weight is 303 g/mol. The molecule has 0 saturated carbocycles. The van der Waals surface area contributed by atoms with Crippen molar-refractivity contribution in [2.45, 2.75) is 32.9 Å². The first-order chi connectivity index (χ1) is 10.5. The summed E-state index contributed by atoms with van der Waals surface area (Å²) >= 11 is 0. The highest BCUT2D eigenvalue weighted by Gasteiger charge is 2.46. The number of benzene rings is 1. The second-order valence-electron chi connectivity index (χ2n) is 6.70. The largest absolute Gasteiger partial charge is 0.395 e. The van der Waals surface area contributed by atoms with Gasteiger partial charge in [0, 0.05) is 19.0 Å². The van der Waals surface area contributed by atoms with E-state index in [1.54, 1.807) is 0 Å². The summed E-state index contributed by atoms with van der Waals surface area (Å²) in [6, 6.07) is 7.97. The number of fused-ring (bicyclic) bond motifs is 1. The van der Waals surface area contributed by atoms with Gasteiger partial charge in [-0.3, -0.25) is 0 Å². The number of aliphatic hydroxyl groups is 2. The number of hydrogen-bond acceptors (Lipinski definition) is 4. The Balaban J connectivity index is 2.02. The molecule has 0 amide bonds. The Morgan fingerprint density at radius 1 is 1.36 bits per heavy atom. The third-order valence-corrected chi connectivity index (χ3v) is 5.03. The van der Waals surface area contributed by atoms with E-state index in [2.05, 4.69) is 25.7 Å². The summed E-state index contributed by atoms with van der Waals surface area (Å²) in [6.45, 7) is 8.18. The van der Waals surface area contributed by atoms with Crippen LogP contribution in [0.1, 0.15) is 20.8 Å². The van der Waals surface area contributed by atoms with Gasteiger partial charge in [-0.05, 0) is 18.1 Å². The monoisotopic (exact) mass is 303 g/mol. The van der Waals surface area contributed by atoms with Crippen molar-refractivity contribution in [1.82, 2.24) is 9.55 Å². The molecule has 0 bridgehead atoms. The lowest BCUT2D eigenvalue weighted by atomic mass is 9.82. The van der Waals surface area contributed by atoms with Crippen molar-refractivity contribution in [2.24, 2.45) is 11.8 Å². The minimum atomic E-state index is -0.692. The topological polar surface area (TPSA) is 61.5 Å². The standard InChI is InChI=1S/C17H25N3O2/c1-12(2)17(22)11-19(10-13(17)3)16-18-14-6-4-5-7-15(14)20(16)8-9-21/h4-7,12-13,21-22H,8-11H2,1-3H3/t13-,17-/m1/s1. The molecule has 2 N–H and O–H groups in total. The van der Waals surface area contributed by atoms with Gasteiger partial charge in [0.05, 0.1) is 29.8 Å². The van der Waals surface area contributed by atoms with Gasteiger partial charge in [0.25, 0.3) is 0 Å². The van der Waals surface area contributed by atoms with Gasteiger partial charge in [0.1, 0.15) is 0 Å². The molecule has 2 atom stereocenters. The molecule has 1 fully saturated rings.